The Bertz CT molecular complexity index is 1180. The third kappa shape index (κ3) is 19.3. The molecule has 57 heavy (non-hydrogen) atoms. The van der Waals surface area contributed by atoms with Crippen LogP contribution in [0.25, 0.3) is 9.75 Å². The van der Waals surface area contributed by atoms with Crippen LogP contribution in [0.4, 0.5) is 0 Å². The summed E-state index contributed by atoms with van der Waals surface area (Å²) in [6, 6.07) is 7.95. The van der Waals surface area contributed by atoms with Crippen LogP contribution in [0.5, 0.6) is 0 Å². The SMILES string of the molecule is CCCCCCCC[Si]1(CCCCCCCC)c2cc(Br)sc2-c2sc(Br)cc21.CCC[CH2][Sn](/[CH]=[CH]/[Sn]([CH2]CCC)([CH2]CCC)[CH2]CCC)([CH2]CCC)[CH2]CCC. The Kier molecular flexibility index (Phi) is 31.4. The average molecular weight is 1180 g/mol. The summed E-state index contributed by atoms with van der Waals surface area (Å²) < 4.78 is 18.8. The first kappa shape index (κ1) is 55.0. The Morgan fingerprint density at radius 3 is 0.947 bits per heavy atom. The molecular formula is C50H92Br2S2SiSn2. The van der Waals surface area contributed by atoms with E-state index in [1.807, 2.05) is 22.7 Å². The molecule has 330 valence electrons. The molecule has 0 fully saturated rings. The van der Waals surface area contributed by atoms with E-state index in [-0.39, 0.29) is 0 Å². The summed E-state index contributed by atoms with van der Waals surface area (Å²) in [6.45, 7) is 19.1. The number of fused-ring (bicyclic) bond motifs is 3. The minimum absolute atomic E-state index is 1.33. The Morgan fingerprint density at radius 1 is 0.404 bits per heavy atom. The summed E-state index contributed by atoms with van der Waals surface area (Å²) in [5.74, 6) is 0. The van der Waals surface area contributed by atoms with E-state index < -0.39 is 44.8 Å². The molecule has 0 spiro atoms. The Balaban J connectivity index is 0.000000394. The molecule has 1 aliphatic rings. The maximum atomic E-state index is 3.82. The van der Waals surface area contributed by atoms with Crippen molar-refractivity contribution in [2.75, 3.05) is 0 Å². The van der Waals surface area contributed by atoms with Crippen LogP contribution < -0.4 is 10.4 Å². The number of unbranched alkanes of at least 4 members (excludes halogenated alkanes) is 16. The molecule has 0 atom stereocenters. The van der Waals surface area contributed by atoms with Gasteiger partial charge in [0.25, 0.3) is 0 Å². The molecule has 2 aromatic heterocycles. The van der Waals surface area contributed by atoms with Gasteiger partial charge < -0.3 is 0 Å². The van der Waals surface area contributed by atoms with Gasteiger partial charge in [-0.25, -0.2) is 0 Å². The number of thiophene rings is 2. The normalized spacial score (nSPS) is 13.6. The summed E-state index contributed by atoms with van der Waals surface area (Å²) >= 11 is 7.39. The van der Waals surface area contributed by atoms with Crippen molar-refractivity contribution in [1.82, 2.24) is 0 Å². The molecule has 1 aliphatic heterocycles. The summed E-state index contributed by atoms with van der Waals surface area (Å²) in [5, 5.41) is 3.54. The Morgan fingerprint density at radius 2 is 0.667 bits per heavy atom. The van der Waals surface area contributed by atoms with Gasteiger partial charge in [0.05, 0.1) is 7.57 Å². The zero-order valence-corrected chi connectivity index (χ0v) is 50.5. The molecule has 0 nitrogen and oxygen atoms in total. The summed E-state index contributed by atoms with van der Waals surface area (Å²) in [7, 11) is -1.61. The van der Waals surface area contributed by atoms with Gasteiger partial charge in [0, 0.05) is 9.75 Å². The van der Waals surface area contributed by atoms with Crippen molar-refractivity contribution >= 4 is 110 Å². The molecule has 2 aromatic rings. The number of hydrogen-bond donors (Lipinski definition) is 0. The van der Waals surface area contributed by atoms with Crippen molar-refractivity contribution in [2.24, 2.45) is 0 Å². The number of halogens is 2. The van der Waals surface area contributed by atoms with E-state index in [1.165, 1.54) is 174 Å². The van der Waals surface area contributed by atoms with Gasteiger partial charge in [-0.05, 0) is 66.5 Å². The van der Waals surface area contributed by atoms with Crippen LogP contribution in [0, 0.1) is 0 Å². The Hall–Kier alpha value is 1.91. The first-order chi connectivity index (χ1) is 27.7. The van der Waals surface area contributed by atoms with Crippen LogP contribution in [0.3, 0.4) is 0 Å². The van der Waals surface area contributed by atoms with Crippen LogP contribution >= 0.6 is 54.5 Å². The zero-order valence-electron chi connectivity index (χ0n) is 39.0. The predicted molar refractivity (Wildman–Crippen MR) is 283 cm³/mol. The average Bonchev–Trinajstić information content (AvgIpc) is 3.87. The number of hydrogen-bond acceptors (Lipinski definition) is 2. The first-order valence-corrected chi connectivity index (χ1v) is 46.0. The molecule has 0 unspecified atom stereocenters. The Labute approximate surface area is 391 Å². The van der Waals surface area contributed by atoms with Gasteiger partial charge in [-0.1, -0.05) is 90.9 Å². The summed E-state index contributed by atoms with van der Waals surface area (Å²) in [6.07, 6.45) is 34.4. The van der Waals surface area contributed by atoms with Crippen LogP contribution in [0.1, 0.15) is 209 Å². The van der Waals surface area contributed by atoms with Gasteiger partial charge in [-0.2, -0.15) is 0 Å². The second-order valence-electron chi connectivity index (χ2n) is 18.4. The maximum absolute atomic E-state index is 3.82. The van der Waals surface area contributed by atoms with Crippen molar-refractivity contribution in [3.63, 3.8) is 0 Å². The molecule has 3 rings (SSSR count). The van der Waals surface area contributed by atoms with E-state index in [2.05, 4.69) is 108 Å². The molecule has 3 heterocycles. The third-order valence-corrected chi connectivity index (χ3v) is 53.4. The van der Waals surface area contributed by atoms with Gasteiger partial charge in [0.15, 0.2) is 0 Å². The second kappa shape index (κ2) is 32.6. The molecule has 0 saturated carbocycles. The molecule has 0 aliphatic carbocycles. The van der Waals surface area contributed by atoms with E-state index >= 15 is 0 Å². The van der Waals surface area contributed by atoms with Gasteiger partial charge in [-0.3, -0.25) is 0 Å². The standard InChI is InChI=1S/C24H36Br2S2Si.6C4H9.C2H2.2Sn/c1-3-5-7-9-11-13-15-29(16-14-12-10-8-6-4-2)19-17-21(25)27-23(19)24-20(29)18-22(26)28-24;6*1-3-4-2;1-2;;/h17-18H,3-16H2,1-2H3;6*1,3-4H2,2H3;1-2H;;. The fourth-order valence-corrected chi connectivity index (χ4v) is 61.3. The van der Waals surface area contributed by atoms with E-state index in [4.69, 9.17) is 0 Å². The van der Waals surface area contributed by atoms with Crippen molar-refractivity contribution in [2.45, 2.75) is 248 Å². The van der Waals surface area contributed by atoms with Gasteiger partial charge in [0.2, 0.25) is 0 Å². The third-order valence-electron chi connectivity index (χ3n) is 13.5. The topological polar surface area (TPSA) is 0 Å². The van der Waals surface area contributed by atoms with E-state index in [1.54, 1.807) is 46.7 Å². The molecular weight excluding hydrogens is 1090 g/mol. The van der Waals surface area contributed by atoms with Crippen molar-refractivity contribution in [3.05, 3.63) is 27.9 Å². The van der Waals surface area contributed by atoms with Crippen LogP contribution in [0.2, 0.25) is 38.7 Å². The van der Waals surface area contributed by atoms with E-state index in [9.17, 15) is 0 Å². The minimum atomic E-state index is -2.10. The van der Waals surface area contributed by atoms with Crippen molar-refractivity contribution in [3.8, 4) is 9.75 Å². The zero-order chi connectivity index (χ0) is 41.8. The summed E-state index contributed by atoms with van der Waals surface area (Å²) in [4.78, 5) is 3.21. The fourth-order valence-electron chi connectivity index (χ4n) is 9.77. The molecule has 0 saturated heterocycles. The van der Waals surface area contributed by atoms with Crippen LogP contribution in [-0.2, 0) is 0 Å². The van der Waals surface area contributed by atoms with Crippen molar-refractivity contribution < 1.29 is 0 Å². The van der Waals surface area contributed by atoms with Crippen LogP contribution in [-0.4, -0.2) is 44.8 Å². The molecule has 0 N–H and O–H groups in total. The monoisotopic (exact) mass is 1180 g/mol. The quantitative estimate of drug-likeness (QED) is 0.0484. The predicted octanol–water partition coefficient (Wildman–Crippen LogP) is 19.9. The van der Waals surface area contributed by atoms with Gasteiger partial charge >= 0.3 is 190 Å². The molecule has 0 bridgehead atoms. The van der Waals surface area contributed by atoms with E-state index in [0.717, 1.165) is 0 Å². The summed E-state index contributed by atoms with van der Waals surface area (Å²) in [5.41, 5.74) is 0. The molecule has 0 radical (unpaired) electrons. The van der Waals surface area contributed by atoms with Gasteiger partial charge in [-0.15, -0.1) is 22.7 Å². The van der Waals surface area contributed by atoms with Crippen LogP contribution in [0.15, 0.2) is 27.9 Å². The van der Waals surface area contributed by atoms with Crippen molar-refractivity contribution in [1.29, 1.82) is 0 Å². The van der Waals surface area contributed by atoms with Gasteiger partial charge in [0.1, 0.15) is 8.07 Å². The van der Waals surface area contributed by atoms with E-state index in [0.29, 0.717) is 0 Å². The first-order valence-electron chi connectivity index (χ1n) is 25.0. The fraction of sp³-hybridized carbons (Fsp3) is 0.800. The molecule has 0 amide bonds. The number of rotatable bonds is 34. The molecule has 7 heteroatoms. The second-order valence-corrected chi connectivity index (χ2v) is 53.5. The molecule has 0 aromatic carbocycles.